The third-order valence-corrected chi connectivity index (χ3v) is 4.86. The van der Waals surface area contributed by atoms with Crippen molar-refractivity contribution in [2.75, 3.05) is 23.3 Å². The maximum absolute atomic E-state index is 11.7. The zero-order valence-corrected chi connectivity index (χ0v) is 14.4. The van der Waals surface area contributed by atoms with Crippen LogP contribution in [-0.2, 0) is 0 Å². The van der Waals surface area contributed by atoms with Crippen molar-refractivity contribution in [1.82, 2.24) is 9.97 Å². The van der Waals surface area contributed by atoms with Crippen molar-refractivity contribution in [2.45, 2.75) is 38.1 Å². The number of nitrogens with zero attached hydrogens (tertiary/aromatic N) is 3. The molecule has 1 saturated heterocycles. The zero-order valence-electron chi connectivity index (χ0n) is 14.4. The van der Waals surface area contributed by atoms with Crippen molar-refractivity contribution in [1.29, 1.82) is 0 Å². The molecule has 0 bridgehead atoms. The Morgan fingerprint density at radius 3 is 2.80 bits per heavy atom. The van der Waals surface area contributed by atoms with Gasteiger partial charge in [-0.15, -0.1) is 0 Å². The first-order valence-corrected chi connectivity index (χ1v) is 8.86. The molecule has 1 unspecified atom stereocenters. The maximum atomic E-state index is 11.7. The molecule has 25 heavy (non-hydrogen) atoms. The Labute approximate surface area is 147 Å². The molecule has 0 spiro atoms. The molecule has 130 valence electrons. The predicted octanol–water partition coefficient (Wildman–Crippen LogP) is 2.45. The van der Waals surface area contributed by atoms with E-state index >= 15 is 0 Å². The number of aromatic nitrogens is 2. The topological polar surface area (TPSA) is 84.1 Å². The van der Waals surface area contributed by atoms with Gasteiger partial charge >= 0.3 is 0 Å². The standard InChI is InChI=1S/C19H23N5O/c1-12-10-17(23-19(21-12)13-6-7-13)22-14-8-9-24(11-14)16-5-3-2-4-15(16)18(20)25/h2-5,10,13-14H,6-9,11H2,1H3,(H2,20,25)(H,21,22,23). The Morgan fingerprint density at radius 2 is 2.04 bits per heavy atom. The Hall–Kier alpha value is -2.63. The highest BCUT2D eigenvalue weighted by molar-refractivity contribution is 5.98. The third-order valence-electron chi connectivity index (χ3n) is 4.86. The van der Waals surface area contributed by atoms with Gasteiger partial charge in [0.1, 0.15) is 11.6 Å². The second-order valence-corrected chi connectivity index (χ2v) is 6.98. The second-order valence-electron chi connectivity index (χ2n) is 6.98. The molecule has 6 nitrogen and oxygen atoms in total. The number of anilines is 2. The summed E-state index contributed by atoms with van der Waals surface area (Å²) in [4.78, 5) is 23.1. The summed E-state index contributed by atoms with van der Waals surface area (Å²) >= 11 is 0. The van der Waals surface area contributed by atoms with E-state index in [9.17, 15) is 4.79 Å². The lowest BCUT2D eigenvalue weighted by Crippen LogP contribution is -2.28. The Morgan fingerprint density at radius 1 is 1.24 bits per heavy atom. The van der Waals surface area contributed by atoms with Gasteiger partial charge in [0.15, 0.2) is 0 Å². The van der Waals surface area contributed by atoms with Gasteiger partial charge in [0.25, 0.3) is 5.91 Å². The van der Waals surface area contributed by atoms with E-state index in [2.05, 4.69) is 20.2 Å². The second kappa shape index (κ2) is 6.35. The van der Waals surface area contributed by atoms with Gasteiger partial charge in [-0.2, -0.15) is 0 Å². The van der Waals surface area contributed by atoms with Crippen LogP contribution in [0.2, 0.25) is 0 Å². The summed E-state index contributed by atoms with van der Waals surface area (Å²) in [7, 11) is 0. The first-order chi connectivity index (χ1) is 12.1. The number of carbonyl (C=O) groups excluding carboxylic acids is 1. The molecular formula is C19H23N5O. The number of hydrogen-bond donors (Lipinski definition) is 2. The maximum Gasteiger partial charge on any atom is 0.250 e. The summed E-state index contributed by atoms with van der Waals surface area (Å²) in [5, 5.41) is 3.54. The Kier molecular flexibility index (Phi) is 4.03. The smallest absolute Gasteiger partial charge is 0.250 e. The minimum absolute atomic E-state index is 0.294. The van der Waals surface area contributed by atoms with Gasteiger partial charge in [0, 0.05) is 42.5 Å². The molecule has 2 fully saturated rings. The number of benzene rings is 1. The van der Waals surface area contributed by atoms with Crippen LogP contribution in [0.3, 0.4) is 0 Å². The molecule has 1 aliphatic carbocycles. The molecule has 2 aliphatic rings. The van der Waals surface area contributed by atoms with Gasteiger partial charge in [-0.3, -0.25) is 4.79 Å². The van der Waals surface area contributed by atoms with Gasteiger partial charge < -0.3 is 16.0 Å². The van der Waals surface area contributed by atoms with E-state index < -0.39 is 0 Å². The lowest BCUT2D eigenvalue weighted by atomic mass is 10.1. The number of carbonyl (C=O) groups is 1. The normalized spacial score (nSPS) is 19.9. The van der Waals surface area contributed by atoms with Gasteiger partial charge in [-0.1, -0.05) is 12.1 Å². The number of para-hydroxylation sites is 1. The number of aryl methyl sites for hydroxylation is 1. The number of rotatable bonds is 5. The molecule has 1 aliphatic heterocycles. The lowest BCUT2D eigenvalue weighted by molar-refractivity contribution is 0.100. The highest BCUT2D eigenvalue weighted by atomic mass is 16.1. The number of hydrogen-bond acceptors (Lipinski definition) is 5. The van der Waals surface area contributed by atoms with Crippen LogP contribution in [0.5, 0.6) is 0 Å². The Bertz CT molecular complexity index is 802. The molecule has 6 heteroatoms. The van der Waals surface area contributed by atoms with E-state index in [0.29, 0.717) is 17.5 Å². The molecule has 4 rings (SSSR count). The van der Waals surface area contributed by atoms with Gasteiger partial charge in [-0.05, 0) is 38.3 Å². The monoisotopic (exact) mass is 337 g/mol. The highest BCUT2D eigenvalue weighted by Gasteiger charge is 2.28. The molecule has 1 aromatic carbocycles. The lowest BCUT2D eigenvalue weighted by Gasteiger charge is -2.21. The van der Waals surface area contributed by atoms with Crippen LogP contribution in [-0.4, -0.2) is 35.0 Å². The molecule has 3 N–H and O–H groups in total. The van der Waals surface area contributed by atoms with Crippen LogP contribution >= 0.6 is 0 Å². The van der Waals surface area contributed by atoms with Gasteiger partial charge in [0.05, 0.1) is 5.56 Å². The summed E-state index contributed by atoms with van der Waals surface area (Å²) in [5.41, 5.74) is 8.01. The molecule has 2 heterocycles. The largest absolute Gasteiger partial charge is 0.369 e. The summed E-state index contributed by atoms with van der Waals surface area (Å²) in [5.74, 6) is 2.04. The van der Waals surface area contributed by atoms with Crippen LogP contribution in [0, 0.1) is 6.92 Å². The van der Waals surface area contributed by atoms with Crippen molar-refractivity contribution >= 4 is 17.4 Å². The van der Waals surface area contributed by atoms with Crippen molar-refractivity contribution in [3.63, 3.8) is 0 Å². The van der Waals surface area contributed by atoms with E-state index in [1.165, 1.54) is 12.8 Å². The van der Waals surface area contributed by atoms with Gasteiger partial charge in [-0.25, -0.2) is 9.97 Å². The summed E-state index contributed by atoms with van der Waals surface area (Å²) in [6.07, 6.45) is 3.39. The quantitative estimate of drug-likeness (QED) is 0.875. The molecule has 1 saturated carbocycles. The Balaban J connectivity index is 1.47. The van der Waals surface area contributed by atoms with E-state index in [1.54, 1.807) is 6.07 Å². The minimum Gasteiger partial charge on any atom is -0.369 e. The molecule has 2 aromatic rings. The SMILES string of the molecule is Cc1cc(NC2CCN(c3ccccc3C(N)=O)C2)nc(C2CC2)n1. The number of amides is 1. The van der Waals surface area contributed by atoms with Crippen molar-refractivity contribution in [3.8, 4) is 0 Å². The number of nitrogens with one attached hydrogen (secondary N) is 1. The van der Waals surface area contributed by atoms with E-state index in [0.717, 1.165) is 42.5 Å². The zero-order chi connectivity index (χ0) is 17.4. The summed E-state index contributed by atoms with van der Waals surface area (Å²) in [6, 6.07) is 9.83. The predicted molar refractivity (Wildman–Crippen MR) is 97.9 cm³/mol. The van der Waals surface area contributed by atoms with Crippen LogP contribution in [0.1, 0.15) is 47.1 Å². The molecule has 1 amide bonds. The minimum atomic E-state index is -0.382. The van der Waals surface area contributed by atoms with Crippen LogP contribution < -0.4 is 16.0 Å². The molecule has 1 aromatic heterocycles. The van der Waals surface area contributed by atoms with Crippen molar-refractivity contribution in [3.05, 3.63) is 47.4 Å². The summed E-state index contributed by atoms with van der Waals surface area (Å²) in [6.45, 7) is 3.73. The number of primary amides is 1. The number of nitrogens with two attached hydrogens (primary N) is 1. The fourth-order valence-corrected chi connectivity index (χ4v) is 3.45. The fourth-order valence-electron chi connectivity index (χ4n) is 3.45. The molecular weight excluding hydrogens is 314 g/mol. The highest BCUT2D eigenvalue weighted by Crippen LogP contribution is 2.38. The first-order valence-electron chi connectivity index (χ1n) is 8.86. The van der Waals surface area contributed by atoms with Crippen LogP contribution in [0.4, 0.5) is 11.5 Å². The van der Waals surface area contributed by atoms with Crippen molar-refractivity contribution in [2.24, 2.45) is 5.73 Å². The first kappa shape index (κ1) is 15.9. The average Bonchev–Trinajstić information content (AvgIpc) is 3.34. The van der Waals surface area contributed by atoms with Crippen LogP contribution in [0.15, 0.2) is 30.3 Å². The average molecular weight is 337 g/mol. The van der Waals surface area contributed by atoms with E-state index in [-0.39, 0.29) is 5.91 Å². The van der Waals surface area contributed by atoms with E-state index in [4.69, 9.17) is 5.73 Å². The molecule has 1 atom stereocenters. The van der Waals surface area contributed by atoms with Crippen LogP contribution in [0.25, 0.3) is 0 Å². The van der Waals surface area contributed by atoms with E-state index in [1.807, 2.05) is 31.2 Å². The van der Waals surface area contributed by atoms with Gasteiger partial charge in [0.2, 0.25) is 0 Å². The fraction of sp³-hybridized carbons (Fsp3) is 0.421. The summed E-state index contributed by atoms with van der Waals surface area (Å²) < 4.78 is 0. The third kappa shape index (κ3) is 3.43. The van der Waals surface area contributed by atoms with Crippen molar-refractivity contribution < 1.29 is 4.79 Å². The molecule has 0 radical (unpaired) electrons.